The fraction of sp³-hybridized carbons (Fsp3) is 0.375. The first-order chi connectivity index (χ1) is 6.24. The van der Waals surface area contributed by atoms with E-state index in [-0.39, 0.29) is 11.9 Å². The van der Waals surface area contributed by atoms with Gasteiger partial charge in [0.2, 0.25) is 0 Å². The van der Waals surface area contributed by atoms with Gasteiger partial charge in [-0.05, 0) is 18.5 Å². The van der Waals surface area contributed by atoms with E-state index in [9.17, 15) is 4.79 Å². The molecule has 0 fully saturated rings. The molecule has 1 amide bonds. The van der Waals surface area contributed by atoms with Gasteiger partial charge >= 0.3 is 0 Å². The molecule has 0 saturated carbocycles. The molecule has 1 heterocycles. The fourth-order valence-corrected chi connectivity index (χ4v) is 1.21. The molecule has 0 saturated heterocycles. The van der Waals surface area contributed by atoms with E-state index in [4.69, 9.17) is 6.42 Å². The molecule has 13 heavy (non-hydrogen) atoms. The zero-order chi connectivity index (χ0) is 9.68. The van der Waals surface area contributed by atoms with Crippen LogP contribution in [0, 0.1) is 12.3 Å². The number of carbonyl (C=O) groups is 1. The van der Waals surface area contributed by atoms with Crippen LogP contribution in [0.4, 0.5) is 0 Å². The Morgan fingerprint density at radius 1 is 1.92 bits per heavy atom. The SMILES string of the molecule is C#CCC(C)NC(=O)c1cnns1. The number of terminal acetylenes is 1. The van der Waals surface area contributed by atoms with Crippen LogP contribution in [0.3, 0.4) is 0 Å². The van der Waals surface area contributed by atoms with E-state index in [0.29, 0.717) is 11.3 Å². The summed E-state index contributed by atoms with van der Waals surface area (Å²) in [7, 11) is 0. The van der Waals surface area contributed by atoms with Gasteiger partial charge < -0.3 is 5.32 Å². The average Bonchev–Trinajstić information content (AvgIpc) is 2.55. The standard InChI is InChI=1S/C8H9N3OS/c1-3-4-6(2)10-8(12)7-5-9-11-13-7/h1,5-6H,4H2,2H3,(H,10,12). The molecule has 5 heteroatoms. The minimum absolute atomic E-state index is 0.0143. The van der Waals surface area contributed by atoms with Crippen LogP contribution in [0.2, 0.25) is 0 Å². The zero-order valence-corrected chi connectivity index (χ0v) is 7.97. The van der Waals surface area contributed by atoms with Gasteiger partial charge in [-0.3, -0.25) is 4.79 Å². The lowest BCUT2D eigenvalue weighted by Gasteiger charge is -2.08. The summed E-state index contributed by atoms with van der Waals surface area (Å²) in [5, 5.41) is 6.30. The minimum atomic E-state index is -0.169. The molecule has 0 aliphatic rings. The van der Waals surface area contributed by atoms with Crippen molar-refractivity contribution < 1.29 is 4.79 Å². The van der Waals surface area contributed by atoms with Gasteiger partial charge in [0, 0.05) is 12.5 Å². The van der Waals surface area contributed by atoms with E-state index < -0.39 is 0 Å². The van der Waals surface area contributed by atoms with Gasteiger partial charge in [-0.1, -0.05) is 4.49 Å². The Labute approximate surface area is 80.5 Å². The maximum atomic E-state index is 11.3. The molecule has 0 spiro atoms. The summed E-state index contributed by atoms with van der Waals surface area (Å²) in [6.45, 7) is 1.85. The molecule has 0 aliphatic carbocycles. The van der Waals surface area contributed by atoms with E-state index in [1.807, 2.05) is 6.92 Å². The summed E-state index contributed by atoms with van der Waals surface area (Å²) in [6, 6.07) is -0.0143. The van der Waals surface area contributed by atoms with Crippen molar-refractivity contribution in [3.63, 3.8) is 0 Å². The lowest BCUT2D eigenvalue weighted by Crippen LogP contribution is -2.31. The molecule has 0 bridgehead atoms. The third kappa shape index (κ3) is 2.84. The second-order valence-corrected chi connectivity index (χ2v) is 3.35. The summed E-state index contributed by atoms with van der Waals surface area (Å²) < 4.78 is 3.59. The molecule has 0 aromatic carbocycles. The molecule has 4 nitrogen and oxygen atoms in total. The smallest absolute Gasteiger partial charge is 0.264 e. The molecule has 1 atom stereocenters. The second kappa shape index (κ2) is 4.58. The van der Waals surface area contributed by atoms with Crippen molar-refractivity contribution in [1.29, 1.82) is 0 Å². The molecule has 1 aromatic heterocycles. The lowest BCUT2D eigenvalue weighted by atomic mass is 10.2. The third-order valence-corrected chi connectivity index (χ3v) is 2.05. The van der Waals surface area contributed by atoms with Gasteiger partial charge in [-0.25, -0.2) is 0 Å². The minimum Gasteiger partial charge on any atom is -0.348 e. The molecular formula is C8H9N3OS. The Bertz CT molecular complexity index is 315. The Morgan fingerprint density at radius 2 is 2.69 bits per heavy atom. The summed E-state index contributed by atoms with van der Waals surface area (Å²) in [6.07, 6.45) is 7.06. The van der Waals surface area contributed by atoms with Crippen molar-refractivity contribution in [2.24, 2.45) is 0 Å². The molecule has 0 aliphatic heterocycles. The first kappa shape index (κ1) is 9.68. The molecule has 1 unspecified atom stereocenters. The van der Waals surface area contributed by atoms with Crippen LogP contribution in [0.25, 0.3) is 0 Å². The van der Waals surface area contributed by atoms with Crippen molar-refractivity contribution in [3.05, 3.63) is 11.1 Å². The van der Waals surface area contributed by atoms with Crippen LogP contribution in [0.5, 0.6) is 0 Å². The zero-order valence-electron chi connectivity index (χ0n) is 7.15. The van der Waals surface area contributed by atoms with Gasteiger partial charge in [-0.15, -0.1) is 17.4 Å². The normalized spacial score (nSPS) is 11.7. The van der Waals surface area contributed by atoms with Crippen LogP contribution in [-0.4, -0.2) is 21.5 Å². The van der Waals surface area contributed by atoms with Gasteiger partial charge in [0.15, 0.2) is 0 Å². The van der Waals surface area contributed by atoms with Gasteiger partial charge in [0.05, 0.1) is 6.20 Å². The molecule has 0 radical (unpaired) electrons. The molecule has 68 valence electrons. The Hall–Kier alpha value is -1.41. The largest absolute Gasteiger partial charge is 0.348 e. The summed E-state index contributed by atoms with van der Waals surface area (Å²) in [4.78, 5) is 11.8. The predicted octanol–water partition coefficient (Wildman–Crippen LogP) is 0.680. The van der Waals surface area contributed by atoms with Crippen LogP contribution >= 0.6 is 11.5 Å². The van der Waals surface area contributed by atoms with Crippen LogP contribution in [0.1, 0.15) is 23.0 Å². The third-order valence-electron chi connectivity index (χ3n) is 1.39. The summed E-state index contributed by atoms with van der Waals surface area (Å²) >= 11 is 1.07. The van der Waals surface area contributed by atoms with E-state index in [1.54, 1.807) is 0 Å². The lowest BCUT2D eigenvalue weighted by molar-refractivity contribution is 0.0945. The highest BCUT2D eigenvalue weighted by Crippen LogP contribution is 2.02. The van der Waals surface area contributed by atoms with Crippen molar-refractivity contribution in [2.75, 3.05) is 0 Å². The predicted molar refractivity (Wildman–Crippen MR) is 50.3 cm³/mol. The Kier molecular flexibility index (Phi) is 3.41. The highest BCUT2D eigenvalue weighted by atomic mass is 32.1. The van der Waals surface area contributed by atoms with E-state index in [1.165, 1.54) is 6.20 Å². The highest BCUT2D eigenvalue weighted by Gasteiger charge is 2.10. The second-order valence-electron chi connectivity index (χ2n) is 2.56. The van der Waals surface area contributed by atoms with Gasteiger partial charge in [0.25, 0.3) is 5.91 Å². The molecule has 1 aromatic rings. The number of hydrogen-bond acceptors (Lipinski definition) is 4. The van der Waals surface area contributed by atoms with Crippen LogP contribution < -0.4 is 5.32 Å². The van der Waals surface area contributed by atoms with E-state index >= 15 is 0 Å². The monoisotopic (exact) mass is 195 g/mol. The first-order valence-electron chi connectivity index (χ1n) is 3.75. The highest BCUT2D eigenvalue weighted by molar-refractivity contribution is 7.07. The topological polar surface area (TPSA) is 54.9 Å². The Morgan fingerprint density at radius 3 is 3.23 bits per heavy atom. The Balaban J connectivity index is 2.48. The van der Waals surface area contributed by atoms with Crippen molar-refractivity contribution in [1.82, 2.24) is 14.9 Å². The number of amides is 1. The molecule has 1 N–H and O–H groups in total. The first-order valence-corrected chi connectivity index (χ1v) is 4.53. The number of hydrogen-bond donors (Lipinski definition) is 1. The summed E-state index contributed by atoms with van der Waals surface area (Å²) in [5.74, 6) is 2.31. The molecular weight excluding hydrogens is 186 g/mol. The van der Waals surface area contributed by atoms with E-state index in [2.05, 4.69) is 20.8 Å². The number of rotatable bonds is 3. The van der Waals surface area contributed by atoms with E-state index in [0.717, 1.165) is 11.5 Å². The van der Waals surface area contributed by atoms with Crippen LogP contribution in [0.15, 0.2) is 6.20 Å². The van der Waals surface area contributed by atoms with Gasteiger partial charge in [-0.2, -0.15) is 0 Å². The molecule has 1 rings (SSSR count). The number of nitrogens with zero attached hydrogens (tertiary/aromatic N) is 2. The van der Waals surface area contributed by atoms with Gasteiger partial charge in [0.1, 0.15) is 4.88 Å². The number of aromatic nitrogens is 2. The van der Waals surface area contributed by atoms with Crippen molar-refractivity contribution in [3.8, 4) is 12.3 Å². The number of nitrogens with one attached hydrogen (secondary N) is 1. The fourth-order valence-electron chi connectivity index (χ4n) is 0.790. The maximum absolute atomic E-state index is 11.3. The quantitative estimate of drug-likeness (QED) is 0.721. The maximum Gasteiger partial charge on any atom is 0.264 e. The van der Waals surface area contributed by atoms with Crippen LogP contribution in [-0.2, 0) is 0 Å². The van der Waals surface area contributed by atoms with Crippen molar-refractivity contribution in [2.45, 2.75) is 19.4 Å². The summed E-state index contributed by atoms with van der Waals surface area (Å²) in [5.41, 5.74) is 0. The van der Waals surface area contributed by atoms with Crippen molar-refractivity contribution >= 4 is 17.4 Å². The average molecular weight is 195 g/mol. The number of carbonyl (C=O) groups excluding carboxylic acids is 1.